The van der Waals surface area contributed by atoms with Gasteiger partial charge in [0.05, 0.1) is 6.54 Å². The van der Waals surface area contributed by atoms with Crippen LogP contribution in [0.1, 0.15) is 46.8 Å². The molecule has 1 rings (SSSR count). The molecule has 1 N–H and O–H groups in total. The van der Waals surface area contributed by atoms with E-state index in [2.05, 4.69) is 5.32 Å². The van der Waals surface area contributed by atoms with Crippen molar-refractivity contribution in [3.63, 3.8) is 0 Å². The number of hydrogen-bond donors (Lipinski definition) is 1. The van der Waals surface area contributed by atoms with Crippen molar-refractivity contribution in [3.05, 3.63) is 17.9 Å². The van der Waals surface area contributed by atoms with Crippen molar-refractivity contribution in [1.82, 2.24) is 9.62 Å². The van der Waals surface area contributed by atoms with Crippen LogP contribution in [0.5, 0.6) is 0 Å². The van der Waals surface area contributed by atoms with Crippen molar-refractivity contribution >= 4 is 10.0 Å². The van der Waals surface area contributed by atoms with Gasteiger partial charge in [-0.25, -0.2) is 8.42 Å². The SMILES string of the molecule is CCC(C)CN(C)S(=O)(=O)c1ccc(CNC(C)(C)C)o1. The molecule has 6 heteroatoms. The van der Waals surface area contributed by atoms with E-state index in [4.69, 9.17) is 4.42 Å². The fourth-order valence-electron chi connectivity index (χ4n) is 1.76. The Morgan fingerprint density at radius 1 is 1.33 bits per heavy atom. The molecule has 1 atom stereocenters. The maximum Gasteiger partial charge on any atom is 0.276 e. The fourth-order valence-corrected chi connectivity index (χ4v) is 2.97. The largest absolute Gasteiger partial charge is 0.447 e. The quantitative estimate of drug-likeness (QED) is 0.840. The molecule has 0 bridgehead atoms. The first-order valence-corrected chi connectivity index (χ1v) is 8.80. The lowest BCUT2D eigenvalue weighted by molar-refractivity contribution is 0.343. The van der Waals surface area contributed by atoms with Gasteiger partial charge in [0.2, 0.25) is 5.09 Å². The monoisotopic (exact) mass is 316 g/mol. The Kier molecular flexibility index (Phi) is 6.01. The molecule has 0 fully saturated rings. The third-order valence-electron chi connectivity index (χ3n) is 3.36. The number of sulfonamides is 1. The standard InChI is InChI=1S/C15H28N2O3S/c1-7-12(2)11-17(6)21(18,19)14-9-8-13(20-14)10-16-15(3,4)5/h8-9,12,16H,7,10-11H2,1-6H3. The van der Waals surface area contributed by atoms with Crippen molar-refractivity contribution in [2.24, 2.45) is 5.92 Å². The second kappa shape index (κ2) is 6.94. The van der Waals surface area contributed by atoms with E-state index >= 15 is 0 Å². The lowest BCUT2D eigenvalue weighted by Gasteiger charge is -2.20. The molecule has 0 aliphatic heterocycles. The fraction of sp³-hybridized carbons (Fsp3) is 0.733. The first-order chi connectivity index (χ1) is 9.56. The first kappa shape index (κ1) is 18.2. The highest BCUT2D eigenvalue weighted by Crippen LogP contribution is 2.19. The zero-order valence-electron chi connectivity index (χ0n) is 13.9. The second-order valence-corrected chi connectivity index (χ2v) is 8.60. The third kappa shape index (κ3) is 5.45. The summed E-state index contributed by atoms with van der Waals surface area (Å²) in [6, 6.07) is 3.24. The zero-order valence-corrected chi connectivity index (χ0v) is 14.8. The van der Waals surface area contributed by atoms with E-state index in [-0.39, 0.29) is 10.6 Å². The molecule has 1 heterocycles. The highest BCUT2D eigenvalue weighted by atomic mass is 32.2. The molecule has 1 aromatic heterocycles. The molecule has 0 saturated carbocycles. The van der Waals surface area contributed by atoms with Gasteiger partial charge in [0.1, 0.15) is 5.76 Å². The van der Waals surface area contributed by atoms with Gasteiger partial charge < -0.3 is 9.73 Å². The molecular formula is C15H28N2O3S. The van der Waals surface area contributed by atoms with Gasteiger partial charge in [-0.3, -0.25) is 0 Å². The van der Waals surface area contributed by atoms with Gasteiger partial charge in [-0.05, 0) is 38.8 Å². The van der Waals surface area contributed by atoms with Crippen molar-refractivity contribution in [1.29, 1.82) is 0 Å². The minimum atomic E-state index is -3.54. The third-order valence-corrected chi connectivity index (χ3v) is 5.06. The zero-order chi connectivity index (χ0) is 16.3. The van der Waals surface area contributed by atoms with Crippen LogP contribution in [0, 0.1) is 5.92 Å². The molecule has 0 spiro atoms. The molecule has 0 radical (unpaired) electrons. The van der Waals surface area contributed by atoms with Crippen molar-refractivity contribution < 1.29 is 12.8 Å². The summed E-state index contributed by atoms with van der Waals surface area (Å²) in [4.78, 5) is 0. The van der Waals surface area contributed by atoms with Gasteiger partial charge in [-0.2, -0.15) is 4.31 Å². The van der Waals surface area contributed by atoms with E-state index in [1.165, 1.54) is 10.4 Å². The van der Waals surface area contributed by atoms with Crippen LogP contribution < -0.4 is 5.32 Å². The number of rotatable bonds is 7. The Morgan fingerprint density at radius 2 is 1.95 bits per heavy atom. The Labute approximate surface area is 128 Å². The Hall–Kier alpha value is -0.850. The van der Waals surface area contributed by atoms with Crippen LogP contribution in [0.3, 0.4) is 0 Å². The molecule has 0 amide bonds. The molecule has 1 unspecified atom stereocenters. The molecule has 0 aliphatic carbocycles. The lowest BCUT2D eigenvalue weighted by Crippen LogP contribution is -2.34. The molecule has 21 heavy (non-hydrogen) atoms. The van der Waals surface area contributed by atoms with Crippen LogP contribution in [0.15, 0.2) is 21.6 Å². The van der Waals surface area contributed by atoms with E-state index in [9.17, 15) is 8.42 Å². The smallest absolute Gasteiger partial charge is 0.276 e. The summed E-state index contributed by atoms with van der Waals surface area (Å²) in [5, 5.41) is 3.28. The summed E-state index contributed by atoms with van der Waals surface area (Å²) in [7, 11) is -1.94. The van der Waals surface area contributed by atoms with Crippen LogP contribution in [0.2, 0.25) is 0 Å². The maximum absolute atomic E-state index is 12.4. The lowest BCUT2D eigenvalue weighted by atomic mass is 10.1. The number of nitrogens with zero attached hydrogens (tertiary/aromatic N) is 1. The van der Waals surface area contributed by atoms with Crippen molar-refractivity contribution in [2.45, 2.75) is 58.2 Å². The van der Waals surface area contributed by atoms with Crippen molar-refractivity contribution in [3.8, 4) is 0 Å². The minimum absolute atomic E-state index is 0.0130. The topological polar surface area (TPSA) is 62.6 Å². The van der Waals surface area contributed by atoms with Gasteiger partial charge in [0.15, 0.2) is 0 Å². The second-order valence-electron chi connectivity index (χ2n) is 6.62. The minimum Gasteiger partial charge on any atom is -0.447 e. The highest BCUT2D eigenvalue weighted by molar-refractivity contribution is 7.89. The number of hydrogen-bond acceptors (Lipinski definition) is 4. The average molecular weight is 316 g/mol. The Bertz CT molecular complexity index is 544. The van der Waals surface area contributed by atoms with Crippen LogP contribution in [0.25, 0.3) is 0 Å². The van der Waals surface area contributed by atoms with Crippen LogP contribution in [-0.2, 0) is 16.6 Å². The molecule has 0 saturated heterocycles. The van der Waals surface area contributed by atoms with E-state index in [1.807, 2.05) is 34.6 Å². The molecular weight excluding hydrogens is 288 g/mol. The van der Waals surface area contributed by atoms with E-state index in [1.54, 1.807) is 13.1 Å². The predicted octanol–water partition coefficient (Wildman–Crippen LogP) is 2.83. The van der Waals surface area contributed by atoms with Gasteiger partial charge >= 0.3 is 0 Å². The molecule has 5 nitrogen and oxygen atoms in total. The predicted molar refractivity (Wildman–Crippen MR) is 84.6 cm³/mol. The summed E-state index contributed by atoms with van der Waals surface area (Å²) >= 11 is 0. The van der Waals surface area contributed by atoms with Crippen LogP contribution in [-0.4, -0.2) is 31.9 Å². The van der Waals surface area contributed by atoms with E-state index < -0.39 is 10.0 Å². The molecule has 0 aromatic carbocycles. The summed E-state index contributed by atoms with van der Waals surface area (Å²) in [6.07, 6.45) is 0.943. The number of nitrogens with one attached hydrogen (secondary N) is 1. The average Bonchev–Trinajstić information content (AvgIpc) is 2.84. The van der Waals surface area contributed by atoms with Crippen LogP contribution >= 0.6 is 0 Å². The van der Waals surface area contributed by atoms with E-state index in [0.29, 0.717) is 24.8 Å². The van der Waals surface area contributed by atoms with Gasteiger partial charge in [0, 0.05) is 19.1 Å². The van der Waals surface area contributed by atoms with E-state index in [0.717, 1.165) is 6.42 Å². The molecule has 0 aliphatic rings. The maximum atomic E-state index is 12.4. The Morgan fingerprint density at radius 3 is 2.48 bits per heavy atom. The number of furan rings is 1. The van der Waals surface area contributed by atoms with Crippen molar-refractivity contribution in [2.75, 3.05) is 13.6 Å². The molecule has 122 valence electrons. The highest BCUT2D eigenvalue weighted by Gasteiger charge is 2.25. The van der Waals surface area contributed by atoms with Crippen LogP contribution in [0.4, 0.5) is 0 Å². The van der Waals surface area contributed by atoms with Gasteiger partial charge in [0.25, 0.3) is 10.0 Å². The summed E-state index contributed by atoms with van der Waals surface area (Å²) in [5.74, 6) is 0.946. The normalized spacial score (nSPS) is 14.6. The first-order valence-electron chi connectivity index (χ1n) is 7.36. The summed E-state index contributed by atoms with van der Waals surface area (Å²) in [6.45, 7) is 11.2. The molecule has 1 aromatic rings. The summed E-state index contributed by atoms with van der Waals surface area (Å²) in [5.41, 5.74) is -0.0425. The van der Waals surface area contributed by atoms with Gasteiger partial charge in [-0.1, -0.05) is 20.3 Å². The summed E-state index contributed by atoms with van der Waals surface area (Å²) < 4.78 is 31.7. The Balaban J connectivity index is 2.78. The van der Waals surface area contributed by atoms with Gasteiger partial charge in [-0.15, -0.1) is 0 Å².